The molecule has 18 heavy (non-hydrogen) atoms. The number of nitriles is 1. The van der Waals surface area contributed by atoms with E-state index >= 15 is 0 Å². The van der Waals surface area contributed by atoms with E-state index in [4.69, 9.17) is 11.0 Å². The van der Waals surface area contributed by atoms with Crippen molar-refractivity contribution >= 4 is 5.91 Å². The molecule has 0 fully saturated rings. The summed E-state index contributed by atoms with van der Waals surface area (Å²) in [4.78, 5) is 17.6. The number of aromatic nitrogens is 1. The third-order valence-corrected chi connectivity index (χ3v) is 2.28. The average Bonchev–Trinajstić information content (AvgIpc) is 2.42. The molecular weight excluding hydrogens is 228 g/mol. The third-order valence-electron chi connectivity index (χ3n) is 2.28. The Bertz CT molecular complexity index is 522. The second-order valence-corrected chi connectivity index (χ2v) is 3.56. The maximum absolute atomic E-state index is 12.1. The Hall–Kier alpha value is -2.37. The van der Waals surface area contributed by atoms with Crippen molar-refractivity contribution in [3.05, 3.63) is 29.6 Å². The molecule has 0 aliphatic carbocycles. The zero-order valence-corrected chi connectivity index (χ0v) is 10.2. The molecular formula is C13H14N4O. The SMILES string of the molecule is CN(CCC#N)C(=O)c1ccncc1C#CCN. The molecule has 1 aromatic heterocycles. The number of carbonyl (C=O) groups excluding carboxylic acids is 1. The summed E-state index contributed by atoms with van der Waals surface area (Å²) in [5.41, 5.74) is 6.33. The molecule has 0 saturated carbocycles. The zero-order chi connectivity index (χ0) is 13.4. The summed E-state index contributed by atoms with van der Waals surface area (Å²) in [5, 5.41) is 8.50. The van der Waals surface area contributed by atoms with Crippen LogP contribution in [0.5, 0.6) is 0 Å². The molecule has 0 aliphatic rings. The van der Waals surface area contributed by atoms with E-state index in [1.165, 1.54) is 11.1 Å². The fourth-order valence-electron chi connectivity index (χ4n) is 1.35. The van der Waals surface area contributed by atoms with Gasteiger partial charge in [-0.2, -0.15) is 5.26 Å². The van der Waals surface area contributed by atoms with Gasteiger partial charge >= 0.3 is 0 Å². The number of amides is 1. The molecule has 2 N–H and O–H groups in total. The molecule has 0 bridgehead atoms. The van der Waals surface area contributed by atoms with Crippen LogP contribution in [0.25, 0.3) is 0 Å². The van der Waals surface area contributed by atoms with Gasteiger partial charge in [-0.15, -0.1) is 0 Å². The maximum atomic E-state index is 12.1. The lowest BCUT2D eigenvalue weighted by atomic mass is 10.1. The normalized spacial score (nSPS) is 8.94. The van der Waals surface area contributed by atoms with Crippen LogP contribution in [-0.2, 0) is 0 Å². The molecule has 0 atom stereocenters. The average molecular weight is 242 g/mol. The maximum Gasteiger partial charge on any atom is 0.255 e. The van der Waals surface area contributed by atoms with Crippen molar-refractivity contribution in [2.24, 2.45) is 5.73 Å². The monoisotopic (exact) mass is 242 g/mol. The van der Waals surface area contributed by atoms with E-state index in [9.17, 15) is 4.79 Å². The van der Waals surface area contributed by atoms with Gasteiger partial charge in [-0.3, -0.25) is 9.78 Å². The molecule has 5 nitrogen and oxygen atoms in total. The fourth-order valence-corrected chi connectivity index (χ4v) is 1.35. The summed E-state index contributed by atoms with van der Waals surface area (Å²) in [6, 6.07) is 3.62. The first kappa shape index (κ1) is 13.7. The predicted molar refractivity (Wildman–Crippen MR) is 67.4 cm³/mol. The lowest BCUT2D eigenvalue weighted by molar-refractivity contribution is 0.0797. The van der Waals surface area contributed by atoms with Crippen molar-refractivity contribution in [1.82, 2.24) is 9.88 Å². The number of hydrogen-bond donors (Lipinski definition) is 1. The van der Waals surface area contributed by atoms with E-state index in [0.717, 1.165) is 0 Å². The standard InChI is InChI=1S/C13H14N4O/c1-17(9-3-7-15)13(18)12-5-8-16-10-11(12)4-2-6-14/h5,8,10H,3,6,9,14H2,1H3. The molecule has 92 valence electrons. The summed E-state index contributed by atoms with van der Waals surface area (Å²) in [6.45, 7) is 0.619. The Morgan fingerprint density at radius 1 is 1.61 bits per heavy atom. The van der Waals surface area contributed by atoms with Crippen molar-refractivity contribution in [2.45, 2.75) is 6.42 Å². The molecule has 1 rings (SSSR count). The van der Waals surface area contributed by atoms with Crippen LogP contribution in [0, 0.1) is 23.2 Å². The Kier molecular flexibility index (Phi) is 5.37. The molecule has 0 spiro atoms. The number of rotatable bonds is 3. The number of hydrogen-bond acceptors (Lipinski definition) is 4. The smallest absolute Gasteiger partial charge is 0.255 e. The van der Waals surface area contributed by atoms with Crippen molar-refractivity contribution in [2.75, 3.05) is 20.1 Å². The molecule has 0 aromatic carbocycles. The van der Waals surface area contributed by atoms with Gasteiger partial charge in [0.25, 0.3) is 5.91 Å². The first-order valence-corrected chi connectivity index (χ1v) is 5.46. The molecule has 0 aliphatic heterocycles. The second-order valence-electron chi connectivity index (χ2n) is 3.56. The topological polar surface area (TPSA) is 83.0 Å². The molecule has 1 heterocycles. The number of nitrogens with zero attached hydrogens (tertiary/aromatic N) is 3. The lowest BCUT2D eigenvalue weighted by Gasteiger charge is -2.16. The van der Waals surface area contributed by atoms with Crippen LogP contribution in [0.1, 0.15) is 22.3 Å². The van der Waals surface area contributed by atoms with Crippen LogP contribution in [0.4, 0.5) is 0 Å². The van der Waals surface area contributed by atoms with Crippen molar-refractivity contribution in [1.29, 1.82) is 5.26 Å². The zero-order valence-electron chi connectivity index (χ0n) is 10.2. The second kappa shape index (κ2) is 7.05. The van der Waals surface area contributed by atoms with Gasteiger partial charge in [-0.05, 0) is 6.07 Å². The highest BCUT2D eigenvalue weighted by atomic mass is 16.2. The van der Waals surface area contributed by atoms with Crippen LogP contribution in [0.2, 0.25) is 0 Å². The molecule has 1 amide bonds. The van der Waals surface area contributed by atoms with Crippen molar-refractivity contribution < 1.29 is 4.79 Å². The summed E-state index contributed by atoms with van der Waals surface area (Å²) in [5.74, 6) is 5.34. The third kappa shape index (κ3) is 3.58. The van der Waals surface area contributed by atoms with Gasteiger partial charge in [0, 0.05) is 26.0 Å². The van der Waals surface area contributed by atoms with Gasteiger partial charge in [0.2, 0.25) is 0 Å². The Labute approximate surface area is 106 Å². The molecule has 0 unspecified atom stereocenters. The number of nitrogens with two attached hydrogens (primary N) is 1. The lowest BCUT2D eigenvalue weighted by Crippen LogP contribution is -2.28. The first-order chi connectivity index (χ1) is 8.70. The predicted octanol–water partition coefficient (Wildman–Crippen LogP) is 0.377. The van der Waals surface area contributed by atoms with Crippen LogP contribution in [-0.4, -0.2) is 35.9 Å². The van der Waals surface area contributed by atoms with Crippen LogP contribution >= 0.6 is 0 Å². The van der Waals surface area contributed by atoms with Crippen molar-refractivity contribution in [3.63, 3.8) is 0 Å². The van der Waals surface area contributed by atoms with Gasteiger partial charge in [-0.1, -0.05) is 11.8 Å². The summed E-state index contributed by atoms with van der Waals surface area (Å²) >= 11 is 0. The summed E-state index contributed by atoms with van der Waals surface area (Å²) in [7, 11) is 1.65. The Morgan fingerprint density at radius 2 is 2.39 bits per heavy atom. The minimum absolute atomic E-state index is 0.172. The highest BCUT2D eigenvalue weighted by Gasteiger charge is 2.14. The van der Waals surface area contributed by atoms with Crippen LogP contribution < -0.4 is 5.73 Å². The van der Waals surface area contributed by atoms with Gasteiger partial charge in [0.15, 0.2) is 0 Å². The van der Waals surface area contributed by atoms with E-state index < -0.39 is 0 Å². The van der Waals surface area contributed by atoms with Gasteiger partial charge < -0.3 is 10.6 Å². The van der Waals surface area contributed by atoms with Crippen LogP contribution in [0.3, 0.4) is 0 Å². The van der Waals surface area contributed by atoms with Gasteiger partial charge in [-0.25, -0.2) is 0 Å². The molecule has 0 saturated heterocycles. The number of pyridine rings is 1. The van der Waals surface area contributed by atoms with E-state index in [0.29, 0.717) is 24.1 Å². The van der Waals surface area contributed by atoms with Crippen molar-refractivity contribution in [3.8, 4) is 17.9 Å². The van der Waals surface area contributed by atoms with Gasteiger partial charge in [0.1, 0.15) is 0 Å². The fraction of sp³-hybridized carbons (Fsp3) is 0.308. The van der Waals surface area contributed by atoms with E-state index in [1.807, 2.05) is 6.07 Å². The number of carbonyl (C=O) groups is 1. The largest absolute Gasteiger partial charge is 0.341 e. The van der Waals surface area contributed by atoms with E-state index in [2.05, 4.69) is 16.8 Å². The molecule has 5 heteroatoms. The Balaban J connectivity index is 2.95. The molecule has 1 aromatic rings. The first-order valence-electron chi connectivity index (χ1n) is 5.46. The summed E-state index contributed by atoms with van der Waals surface area (Å²) < 4.78 is 0. The van der Waals surface area contributed by atoms with Crippen LogP contribution in [0.15, 0.2) is 18.5 Å². The summed E-state index contributed by atoms with van der Waals surface area (Å²) in [6.07, 6.45) is 3.38. The minimum atomic E-state index is -0.172. The van der Waals surface area contributed by atoms with Gasteiger partial charge in [0.05, 0.1) is 30.2 Å². The van der Waals surface area contributed by atoms with E-state index in [-0.39, 0.29) is 12.5 Å². The molecule has 0 radical (unpaired) electrons. The highest BCUT2D eigenvalue weighted by molar-refractivity contribution is 5.96. The minimum Gasteiger partial charge on any atom is -0.341 e. The highest BCUT2D eigenvalue weighted by Crippen LogP contribution is 2.08. The quantitative estimate of drug-likeness (QED) is 0.776. The Morgan fingerprint density at radius 3 is 3.06 bits per heavy atom. The van der Waals surface area contributed by atoms with E-state index in [1.54, 1.807) is 19.3 Å².